The van der Waals surface area contributed by atoms with Gasteiger partial charge in [0.05, 0.1) is 16.2 Å². The van der Waals surface area contributed by atoms with E-state index in [1.54, 1.807) is 18.2 Å². The Labute approximate surface area is 106 Å². The summed E-state index contributed by atoms with van der Waals surface area (Å²) in [5.41, 5.74) is 1.14. The van der Waals surface area contributed by atoms with Crippen molar-refractivity contribution >= 4 is 21.4 Å². The van der Waals surface area contributed by atoms with Crippen LogP contribution >= 0.6 is 0 Å². The molecule has 0 saturated carbocycles. The zero-order valence-electron chi connectivity index (χ0n) is 9.63. The van der Waals surface area contributed by atoms with Crippen LogP contribution in [0.2, 0.25) is 0 Å². The first-order valence-electron chi connectivity index (χ1n) is 5.36. The maximum atomic E-state index is 11.8. The standard InChI is InChI=1S/C13H12O4S/c1-2-9-18(15,16)11-5-3-10(4-6-11)12-7-8-17-13(12)14/h2-7H,1,8-9H2. The largest absolute Gasteiger partial charge is 0.458 e. The molecule has 0 spiro atoms. The van der Waals surface area contributed by atoms with E-state index < -0.39 is 9.84 Å². The molecular weight excluding hydrogens is 252 g/mol. The number of benzene rings is 1. The first kappa shape index (κ1) is 12.6. The molecule has 1 aliphatic rings. The number of hydrogen-bond donors (Lipinski definition) is 0. The first-order valence-corrected chi connectivity index (χ1v) is 7.01. The lowest BCUT2D eigenvalue weighted by atomic mass is 10.1. The molecule has 0 aliphatic carbocycles. The Morgan fingerprint density at radius 3 is 2.44 bits per heavy atom. The van der Waals surface area contributed by atoms with Crippen LogP contribution in [-0.2, 0) is 19.4 Å². The van der Waals surface area contributed by atoms with Crippen molar-refractivity contribution in [2.24, 2.45) is 0 Å². The third-order valence-electron chi connectivity index (χ3n) is 2.58. The van der Waals surface area contributed by atoms with E-state index in [2.05, 4.69) is 6.58 Å². The molecular formula is C13H12O4S. The Morgan fingerprint density at radius 2 is 1.94 bits per heavy atom. The number of carbonyl (C=O) groups is 1. The summed E-state index contributed by atoms with van der Waals surface area (Å²) in [5.74, 6) is -0.478. The molecule has 4 nitrogen and oxygen atoms in total. The highest BCUT2D eigenvalue weighted by molar-refractivity contribution is 7.91. The summed E-state index contributed by atoms with van der Waals surface area (Å²) in [4.78, 5) is 11.6. The van der Waals surface area contributed by atoms with Gasteiger partial charge in [0.25, 0.3) is 0 Å². The summed E-state index contributed by atoms with van der Waals surface area (Å²) in [7, 11) is -3.32. The Morgan fingerprint density at radius 1 is 1.28 bits per heavy atom. The topological polar surface area (TPSA) is 60.4 Å². The minimum atomic E-state index is -3.32. The van der Waals surface area contributed by atoms with Gasteiger partial charge in [-0.1, -0.05) is 18.2 Å². The summed E-state index contributed by atoms with van der Waals surface area (Å²) >= 11 is 0. The van der Waals surface area contributed by atoms with Crippen molar-refractivity contribution in [2.75, 3.05) is 12.4 Å². The van der Waals surface area contributed by atoms with Crippen LogP contribution in [0, 0.1) is 0 Å². The lowest BCUT2D eigenvalue weighted by molar-refractivity contribution is -0.133. The number of rotatable bonds is 4. The molecule has 0 bridgehead atoms. The van der Waals surface area contributed by atoms with Crippen LogP contribution < -0.4 is 0 Å². The monoisotopic (exact) mass is 264 g/mol. The van der Waals surface area contributed by atoms with Gasteiger partial charge in [-0.3, -0.25) is 0 Å². The SMILES string of the molecule is C=CCS(=O)(=O)c1ccc(C2=CCOC2=O)cc1. The molecule has 2 rings (SSSR count). The van der Waals surface area contributed by atoms with Crippen molar-refractivity contribution in [1.82, 2.24) is 0 Å². The molecule has 1 aliphatic heterocycles. The molecule has 1 heterocycles. The molecule has 1 aromatic rings. The van der Waals surface area contributed by atoms with Crippen molar-refractivity contribution in [3.63, 3.8) is 0 Å². The molecule has 1 aromatic carbocycles. The molecule has 5 heteroatoms. The number of esters is 1. The third-order valence-corrected chi connectivity index (χ3v) is 4.25. The van der Waals surface area contributed by atoms with Gasteiger partial charge in [0, 0.05) is 0 Å². The summed E-state index contributed by atoms with van der Waals surface area (Å²) in [6.07, 6.45) is 3.02. The van der Waals surface area contributed by atoms with Gasteiger partial charge in [-0.15, -0.1) is 6.58 Å². The third kappa shape index (κ3) is 2.36. The van der Waals surface area contributed by atoms with E-state index in [0.29, 0.717) is 11.1 Å². The van der Waals surface area contributed by atoms with Crippen molar-refractivity contribution in [3.05, 3.63) is 48.6 Å². The van der Waals surface area contributed by atoms with Crippen LogP contribution in [0.4, 0.5) is 0 Å². The fourth-order valence-electron chi connectivity index (χ4n) is 1.69. The zero-order chi connectivity index (χ0) is 13.2. The van der Waals surface area contributed by atoms with E-state index in [0.717, 1.165) is 0 Å². The zero-order valence-corrected chi connectivity index (χ0v) is 10.4. The van der Waals surface area contributed by atoms with Gasteiger partial charge in [0.2, 0.25) is 0 Å². The van der Waals surface area contributed by atoms with Gasteiger partial charge in [-0.2, -0.15) is 0 Å². The molecule has 0 N–H and O–H groups in total. The lowest BCUT2D eigenvalue weighted by Crippen LogP contribution is -2.05. The van der Waals surface area contributed by atoms with Crippen molar-refractivity contribution < 1.29 is 17.9 Å². The molecule has 0 aromatic heterocycles. The van der Waals surface area contributed by atoms with Crippen LogP contribution in [0.25, 0.3) is 5.57 Å². The highest BCUT2D eigenvalue weighted by Gasteiger charge is 2.19. The fraction of sp³-hybridized carbons (Fsp3) is 0.154. The maximum Gasteiger partial charge on any atom is 0.338 e. The molecule has 0 unspecified atom stereocenters. The second kappa shape index (κ2) is 4.78. The van der Waals surface area contributed by atoms with E-state index in [1.807, 2.05) is 0 Å². The average molecular weight is 264 g/mol. The van der Waals surface area contributed by atoms with E-state index in [4.69, 9.17) is 4.74 Å². The minimum Gasteiger partial charge on any atom is -0.458 e. The van der Waals surface area contributed by atoms with Gasteiger partial charge in [-0.05, 0) is 23.8 Å². The summed E-state index contributed by atoms with van der Waals surface area (Å²) < 4.78 is 28.3. The molecule has 0 saturated heterocycles. The van der Waals surface area contributed by atoms with Crippen molar-refractivity contribution in [3.8, 4) is 0 Å². The van der Waals surface area contributed by atoms with Crippen LogP contribution in [-0.4, -0.2) is 26.7 Å². The lowest BCUT2D eigenvalue weighted by Gasteiger charge is -2.04. The van der Waals surface area contributed by atoms with Crippen molar-refractivity contribution in [2.45, 2.75) is 4.90 Å². The Bertz CT molecular complexity index is 609. The maximum absolute atomic E-state index is 11.8. The highest BCUT2D eigenvalue weighted by Crippen LogP contribution is 2.22. The number of ether oxygens (including phenoxy) is 1. The van der Waals surface area contributed by atoms with Gasteiger partial charge >= 0.3 is 5.97 Å². The average Bonchev–Trinajstić information content (AvgIpc) is 2.76. The number of carbonyl (C=O) groups excluding carboxylic acids is 1. The predicted molar refractivity (Wildman–Crippen MR) is 67.6 cm³/mol. The van der Waals surface area contributed by atoms with Gasteiger partial charge in [-0.25, -0.2) is 13.2 Å². The Balaban J connectivity index is 2.31. The summed E-state index contributed by atoms with van der Waals surface area (Å²) in [5, 5.41) is 0. The first-order chi connectivity index (χ1) is 8.54. The summed E-state index contributed by atoms with van der Waals surface area (Å²) in [6, 6.07) is 6.18. The van der Waals surface area contributed by atoms with Gasteiger partial charge in [0.15, 0.2) is 9.84 Å². The van der Waals surface area contributed by atoms with Crippen LogP contribution in [0.15, 0.2) is 47.9 Å². The number of hydrogen-bond acceptors (Lipinski definition) is 4. The van der Waals surface area contributed by atoms with E-state index >= 15 is 0 Å². The van der Waals surface area contributed by atoms with Crippen LogP contribution in [0.3, 0.4) is 0 Å². The van der Waals surface area contributed by atoms with E-state index in [-0.39, 0.29) is 23.2 Å². The number of sulfone groups is 1. The van der Waals surface area contributed by atoms with Crippen LogP contribution in [0.5, 0.6) is 0 Å². The van der Waals surface area contributed by atoms with Gasteiger partial charge < -0.3 is 4.74 Å². The second-order valence-corrected chi connectivity index (χ2v) is 5.84. The second-order valence-electron chi connectivity index (χ2n) is 3.81. The predicted octanol–water partition coefficient (Wildman–Crippen LogP) is 1.59. The molecule has 0 amide bonds. The number of cyclic esters (lactones) is 1. The summed E-state index contributed by atoms with van der Waals surface area (Å²) in [6.45, 7) is 3.68. The highest BCUT2D eigenvalue weighted by atomic mass is 32.2. The van der Waals surface area contributed by atoms with Gasteiger partial charge in [0.1, 0.15) is 6.61 Å². The Hall–Kier alpha value is -1.88. The molecule has 0 radical (unpaired) electrons. The van der Waals surface area contributed by atoms with E-state index in [1.165, 1.54) is 18.2 Å². The van der Waals surface area contributed by atoms with Crippen LogP contribution in [0.1, 0.15) is 5.56 Å². The smallest absolute Gasteiger partial charge is 0.338 e. The normalized spacial score (nSPS) is 15.1. The quantitative estimate of drug-likeness (QED) is 0.612. The molecule has 0 atom stereocenters. The molecule has 0 fully saturated rings. The molecule has 18 heavy (non-hydrogen) atoms. The fourth-order valence-corrected chi connectivity index (χ4v) is 2.74. The van der Waals surface area contributed by atoms with E-state index in [9.17, 15) is 13.2 Å². The van der Waals surface area contributed by atoms with Crippen molar-refractivity contribution in [1.29, 1.82) is 0 Å². The Kier molecular flexibility index (Phi) is 3.34. The minimum absolute atomic E-state index is 0.100. The molecule has 94 valence electrons.